The van der Waals surface area contributed by atoms with Crippen LogP contribution in [0.1, 0.15) is 59.9 Å². The van der Waals surface area contributed by atoms with Gasteiger partial charge in [0.15, 0.2) is 5.82 Å². The Morgan fingerprint density at radius 3 is 1.92 bits per heavy atom. The van der Waals surface area contributed by atoms with E-state index in [0.717, 1.165) is 68.9 Å². The molecule has 1 aromatic heterocycles. The topological polar surface area (TPSA) is 64.2 Å². The third-order valence-electron chi connectivity index (χ3n) is 10.2. The summed E-state index contributed by atoms with van der Waals surface area (Å²) in [5, 5.41) is 1.06. The van der Waals surface area contributed by atoms with E-state index in [1.165, 1.54) is 36.0 Å². The molecule has 4 heteroatoms. The molecule has 0 radical (unpaired) electrons. The van der Waals surface area contributed by atoms with Crippen LogP contribution in [0.2, 0.25) is 0 Å². The molecule has 0 saturated heterocycles. The van der Waals surface area contributed by atoms with Crippen LogP contribution < -0.4 is 5.73 Å². The minimum atomic E-state index is -0.0502. The average Bonchev–Trinajstić information content (AvgIpc) is 3.19. The molecule has 6 aromatic carbocycles. The first-order chi connectivity index (χ1) is 24.7. The smallest absolute Gasteiger partial charge is 0.160 e. The Morgan fingerprint density at radius 2 is 1.20 bits per heavy atom. The summed E-state index contributed by atoms with van der Waals surface area (Å²) in [6, 6.07) is 55.3. The molecular weight excluding hydrogens is 609 g/mol. The Hall–Kier alpha value is -5.87. The third kappa shape index (κ3) is 6.21. The molecule has 0 unspecified atom stereocenters. The number of aliphatic imine (C=N–C) groups is 1. The van der Waals surface area contributed by atoms with Crippen LogP contribution in [0.15, 0.2) is 163 Å². The highest BCUT2D eigenvalue weighted by Crippen LogP contribution is 2.45. The summed E-state index contributed by atoms with van der Waals surface area (Å²) in [6.45, 7) is 0.594. The predicted molar refractivity (Wildman–Crippen MR) is 207 cm³/mol. The molecule has 7 aromatic rings. The van der Waals surface area contributed by atoms with Gasteiger partial charge in [0.1, 0.15) is 0 Å². The van der Waals surface area contributed by atoms with Gasteiger partial charge in [-0.05, 0) is 41.7 Å². The van der Waals surface area contributed by atoms with E-state index < -0.39 is 0 Å². The fourth-order valence-electron chi connectivity index (χ4n) is 7.60. The molecule has 1 saturated carbocycles. The number of nitrogen functional groups attached to an aromatic ring is 1. The molecule has 2 N–H and O–H groups in total. The summed E-state index contributed by atoms with van der Waals surface area (Å²) >= 11 is 0. The number of benzene rings is 6. The molecule has 1 fully saturated rings. The molecule has 0 atom stereocenters. The van der Waals surface area contributed by atoms with Crippen molar-refractivity contribution in [2.75, 3.05) is 5.73 Å². The van der Waals surface area contributed by atoms with E-state index in [-0.39, 0.29) is 5.41 Å². The lowest BCUT2D eigenvalue weighted by Gasteiger charge is -2.39. The van der Waals surface area contributed by atoms with Crippen molar-refractivity contribution in [1.82, 2.24) is 9.97 Å². The van der Waals surface area contributed by atoms with Crippen molar-refractivity contribution >= 4 is 22.3 Å². The van der Waals surface area contributed by atoms with Crippen LogP contribution in [0.4, 0.5) is 5.69 Å². The quantitative estimate of drug-likeness (QED) is 0.132. The maximum absolute atomic E-state index is 6.51. The Morgan fingerprint density at radius 1 is 0.580 bits per heavy atom. The van der Waals surface area contributed by atoms with Crippen molar-refractivity contribution in [2.45, 2.75) is 44.1 Å². The number of nitrogens with zero attached hydrogens (tertiary/aromatic N) is 3. The van der Waals surface area contributed by atoms with Gasteiger partial charge in [-0.15, -0.1) is 0 Å². The van der Waals surface area contributed by atoms with Gasteiger partial charge in [0.2, 0.25) is 0 Å². The van der Waals surface area contributed by atoms with Gasteiger partial charge in [-0.25, -0.2) is 9.97 Å². The first-order valence-electron chi connectivity index (χ1n) is 17.7. The zero-order chi connectivity index (χ0) is 33.8. The van der Waals surface area contributed by atoms with Gasteiger partial charge in [0.25, 0.3) is 0 Å². The third-order valence-corrected chi connectivity index (χ3v) is 10.2. The predicted octanol–water partition coefficient (Wildman–Crippen LogP) is 10.8. The van der Waals surface area contributed by atoms with Gasteiger partial charge in [0, 0.05) is 38.7 Å². The summed E-state index contributed by atoms with van der Waals surface area (Å²) < 4.78 is 0. The van der Waals surface area contributed by atoms with Crippen molar-refractivity contribution in [3.63, 3.8) is 0 Å². The van der Waals surface area contributed by atoms with Crippen molar-refractivity contribution in [2.24, 2.45) is 4.99 Å². The van der Waals surface area contributed by atoms with Crippen LogP contribution in [0.25, 0.3) is 33.5 Å². The number of nitrogens with two attached hydrogens (primary N) is 1. The molecule has 8 rings (SSSR count). The molecule has 0 amide bonds. The second kappa shape index (κ2) is 13.9. The molecule has 1 aliphatic carbocycles. The van der Waals surface area contributed by atoms with Gasteiger partial charge in [0.05, 0.1) is 23.5 Å². The Kier molecular flexibility index (Phi) is 8.75. The number of hydrogen-bond donors (Lipinski definition) is 1. The second-order valence-electron chi connectivity index (χ2n) is 13.3. The van der Waals surface area contributed by atoms with Crippen molar-refractivity contribution in [3.8, 4) is 22.6 Å². The minimum Gasteiger partial charge on any atom is -0.398 e. The Balaban J connectivity index is 1.16. The van der Waals surface area contributed by atoms with Crippen LogP contribution >= 0.6 is 0 Å². The van der Waals surface area contributed by atoms with Crippen molar-refractivity contribution < 1.29 is 0 Å². The summed E-state index contributed by atoms with van der Waals surface area (Å²) in [4.78, 5) is 15.2. The van der Waals surface area contributed by atoms with E-state index in [2.05, 4.69) is 109 Å². The lowest BCUT2D eigenvalue weighted by Crippen LogP contribution is -2.30. The van der Waals surface area contributed by atoms with Gasteiger partial charge < -0.3 is 5.73 Å². The zero-order valence-corrected chi connectivity index (χ0v) is 28.2. The number of para-hydroxylation sites is 2. The first kappa shape index (κ1) is 31.4. The van der Waals surface area contributed by atoms with Crippen molar-refractivity contribution in [1.29, 1.82) is 0 Å². The SMILES string of the molecule is Nc1ccccc1C(=NCc1ccccc1)c1ccc(C2(c3ccc(-c4nc(-c5ccccc5)nc5ccccc45)cc3)CCCCC2)cc1. The highest BCUT2D eigenvalue weighted by atomic mass is 14.9. The number of anilines is 1. The monoisotopic (exact) mass is 648 g/mol. The van der Waals surface area contributed by atoms with E-state index in [4.69, 9.17) is 20.7 Å². The lowest BCUT2D eigenvalue weighted by molar-refractivity contribution is 0.346. The van der Waals surface area contributed by atoms with Crippen LogP contribution in [0.3, 0.4) is 0 Å². The Labute approximate surface area is 294 Å². The number of fused-ring (bicyclic) bond motifs is 1. The minimum absolute atomic E-state index is 0.0502. The highest BCUT2D eigenvalue weighted by Gasteiger charge is 2.35. The normalized spacial score (nSPS) is 14.4. The summed E-state index contributed by atoms with van der Waals surface area (Å²) in [6.07, 6.45) is 5.95. The van der Waals surface area contributed by atoms with Gasteiger partial charge in [-0.2, -0.15) is 0 Å². The summed E-state index contributed by atoms with van der Waals surface area (Å²) in [5.74, 6) is 0.746. The van der Waals surface area contributed by atoms with E-state index in [0.29, 0.717) is 6.54 Å². The summed E-state index contributed by atoms with van der Waals surface area (Å²) in [5.41, 5.74) is 18.1. The second-order valence-corrected chi connectivity index (χ2v) is 13.3. The number of aromatic nitrogens is 2. The largest absolute Gasteiger partial charge is 0.398 e. The molecule has 0 aliphatic heterocycles. The van der Waals surface area contributed by atoms with Crippen LogP contribution in [-0.2, 0) is 12.0 Å². The molecule has 4 nitrogen and oxygen atoms in total. The van der Waals surface area contributed by atoms with E-state index in [1.54, 1.807) is 0 Å². The summed E-state index contributed by atoms with van der Waals surface area (Å²) in [7, 11) is 0. The molecule has 1 aliphatic rings. The molecule has 0 bridgehead atoms. The fraction of sp³-hybridized carbons (Fsp3) is 0.152. The van der Waals surface area contributed by atoms with E-state index >= 15 is 0 Å². The lowest BCUT2D eigenvalue weighted by atomic mass is 9.65. The molecular formula is C46H40N4. The first-order valence-corrected chi connectivity index (χ1v) is 17.7. The number of rotatable bonds is 8. The van der Waals surface area contributed by atoms with Crippen molar-refractivity contribution in [3.05, 3.63) is 186 Å². The zero-order valence-electron chi connectivity index (χ0n) is 28.2. The van der Waals surface area contributed by atoms with E-state index in [1.807, 2.05) is 48.5 Å². The van der Waals surface area contributed by atoms with E-state index in [9.17, 15) is 0 Å². The maximum atomic E-state index is 6.51. The van der Waals surface area contributed by atoms with Gasteiger partial charge in [-0.3, -0.25) is 4.99 Å². The van der Waals surface area contributed by atoms with Gasteiger partial charge in [-0.1, -0.05) is 165 Å². The van der Waals surface area contributed by atoms with Crippen LogP contribution in [0, 0.1) is 0 Å². The van der Waals surface area contributed by atoms with Crippen LogP contribution in [-0.4, -0.2) is 15.7 Å². The standard InChI is InChI=1S/C46H40N4/c47-41-20-10-8-18-39(41)43(48-32-33-14-4-1-5-15-33)34-22-26-37(27-23-34)46(30-12-3-13-31-46)38-28-24-35(25-29-38)44-40-19-9-11-21-42(40)49-45(50-44)36-16-6-2-7-17-36/h1-2,4-11,14-29H,3,12-13,30-32,47H2. The Bertz CT molecular complexity index is 2250. The maximum Gasteiger partial charge on any atom is 0.160 e. The van der Waals surface area contributed by atoms with Gasteiger partial charge >= 0.3 is 0 Å². The molecule has 1 heterocycles. The highest BCUT2D eigenvalue weighted by molar-refractivity contribution is 6.15. The number of hydrogen-bond acceptors (Lipinski definition) is 4. The average molecular weight is 649 g/mol. The molecule has 50 heavy (non-hydrogen) atoms. The molecule has 0 spiro atoms. The van der Waals surface area contributed by atoms with Crippen LogP contribution in [0.5, 0.6) is 0 Å². The fourth-order valence-corrected chi connectivity index (χ4v) is 7.60. The molecule has 244 valence electrons.